The summed E-state index contributed by atoms with van der Waals surface area (Å²) in [6, 6.07) is 13.5. The Morgan fingerprint density at radius 1 is 1.03 bits per heavy atom. The second-order valence-electron chi connectivity index (χ2n) is 8.12. The van der Waals surface area contributed by atoms with Crippen molar-refractivity contribution in [2.24, 2.45) is 0 Å². The van der Waals surface area contributed by atoms with Gasteiger partial charge in [-0.25, -0.2) is 14.5 Å². The number of pyridine rings is 1. The van der Waals surface area contributed by atoms with Gasteiger partial charge in [0, 0.05) is 37.2 Å². The third-order valence-electron chi connectivity index (χ3n) is 5.55. The molecular formula is C24H30N6O. The summed E-state index contributed by atoms with van der Waals surface area (Å²) in [5.41, 5.74) is 4.62. The lowest BCUT2D eigenvalue weighted by molar-refractivity contribution is 0.251. The van der Waals surface area contributed by atoms with E-state index in [2.05, 4.69) is 31.7 Å². The molecular weight excluding hydrogens is 388 g/mol. The number of benzene rings is 1. The molecule has 0 saturated carbocycles. The fraction of sp³-hybridized carbons (Fsp3) is 0.375. The van der Waals surface area contributed by atoms with Gasteiger partial charge in [0.05, 0.1) is 11.4 Å². The van der Waals surface area contributed by atoms with Gasteiger partial charge in [-0.05, 0) is 62.6 Å². The van der Waals surface area contributed by atoms with E-state index in [9.17, 15) is 4.79 Å². The first kappa shape index (κ1) is 20.9. The highest BCUT2D eigenvalue weighted by molar-refractivity contribution is 5.89. The number of nitrogens with one attached hydrogen (secondary N) is 2. The first-order valence-corrected chi connectivity index (χ1v) is 11.0. The minimum absolute atomic E-state index is 0.248. The van der Waals surface area contributed by atoms with Crippen LogP contribution in [-0.4, -0.2) is 33.9 Å². The largest absolute Gasteiger partial charge is 0.357 e. The summed E-state index contributed by atoms with van der Waals surface area (Å²) in [7, 11) is 0. The van der Waals surface area contributed by atoms with Gasteiger partial charge >= 0.3 is 6.03 Å². The molecule has 1 aromatic carbocycles. The van der Waals surface area contributed by atoms with Gasteiger partial charge < -0.3 is 15.5 Å². The molecule has 0 spiro atoms. The smallest absolute Gasteiger partial charge is 0.319 e. The number of carbonyl (C=O) groups is 1. The van der Waals surface area contributed by atoms with E-state index in [4.69, 9.17) is 0 Å². The number of hydrogen-bond donors (Lipinski definition) is 2. The van der Waals surface area contributed by atoms with Gasteiger partial charge in [0.15, 0.2) is 0 Å². The Bertz CT molecular complexity index is 1020. The normalized spacial score (nSPS) is 14.2. The molecule has 2 N–H and O–H groups in total. The fourth-order valence-electron chi connectivity index (χ4n) is 3.97. The van der Waals surface area contributed by atoms with Crippen molar-refractivity contribution in [2.45, 2.75) is 46.1 Å². The van der Waals surface area contributed by atoms with Crippen LogP contribution in [0.2, 0.25) is 0 Å². The third kappa shape index (κ3) is 5.42. The van der Waals surface area contributed by atoms with Gasteiger partial charge in [0.25, 0.3) is 0 Å². The molecule has 0 unspecified atom stereocenters. The zero-order valence-corrected chi connectivity index (χ0v) is 18.3. The predicted octanol–water partition coefficient (Wildman–Crippen LogP) is 4.59. The Balaban J connectivity index is 1.32. The first-order valence-electron chi connectivity index (χ1n) is 11.0. The van der Waals surface area contributed by atoms with Gasteiger partial charge in [-0.1, -0.05) is 25.0 Å². The number of carbonyl (C=O) groups excluding carboxylic acids is 1. The molecule has 1 saturated heterocycles. The van der Waals surface area contributed by atoms with E-state index in [0.717, 1.165) is 47.2 Å². The SMILES string of the molecule is Cc1cc(C)n(-c2cccc(NC(=O)NCc3ccc(N4CCCCCC4)nc3)c2)n1. The quantitative estimate of drug-likeness (QED) is 0.636. The Kier molecular flexibility index (Phi) is 6.50. The summed E-state index contributed by atoms with van der Waals surface area (Å²) < 4.78 is 1.87. The van der Waals surface area contributed by atoms with Crippen LogP contribution < -0.4 is 15.5 Å². The van der Waals surface area contributed by atoms with Gasteiger partial charge in [-0.3, -0.25) is 0 Å². The minimum atomic E-state index is -0.248. The summed E-state index contributed by atoms with van der Waals surface area (Å²) in [5, 5.41) is 10.3. The standard InChI is InChI=1S/C24H30N6O/c1-18-14-19(2)30(28-18)22-9-7-8-21(15-22)27-24(31)26-17-20-10-11-23(25-16-20)29-12-5-3-4-6-13-29/h7-11,14-16H,3-6,12-13,17H2,1-2H3,(H2,26,27,31). The first-order chi connectivity index (χ1) is 15.1. The molecule has 1 fully saturated rings. The van der Waals surface area contributed by atoms with E-state index in [0.29, 0.717) is 6.54 Å². The molecule has 7 nitrogen and oxygen atoms in total. The van der Waals surface area contributed by atoms with E-state index < -0.39 is 0 Å². The van der Waals surface area contributed by atoms with E-state index in [1.807, 2.05) is 61.1 Å². The molecule has 0 bridgehead atoms. The molecule has 0 atom stereocenters. The van der Waals surface area contributed by atoms with Crippen LogP contribution in [0, 0.1) is 13.8 Å². The van der Waals surface area contributed by atoms with Crippen molar-refractivity contribution in [2.75, 3.05) is 23.3 Å². The van der Waals surface area contributed by atoms with Crippen LogP contribution in [0.4, 0.5) is 16.3 Å². The third-order valence-corrected chi connectivity index (χ3v) is 5.55. The molecule has 1 aliphatic rings. The van der Waals surface area contributed by atoms with Crippen molar-refractivity contribution in [1.29, 1.82) is 0 Å². The van der Waals surface area contributed by atoms with Crippen LogP contribution in [0.25, 0.3) is 5.69 Å². The maximum Gasteiger partial charge on any atom is 0.319 e. The van der Waals surface area contributed by atoms with Gasteiger partial charge in [-0.2, -0.15) is 5.10 Å². The van der Waals surface area contributed by atoms with Crippen LogP contribution >= 0.6 is 0 Å². The topological polar surface area (TPSA) is 75.1 Å². The van der Waals surface area contributed by atoms with Crippen LogP contribution in [0.5, 0.6) is 0 Å². The van der Waals surface area contributed by atoms with Crippen LogP contribution in [0.15, 0.2) is 48.7 Å². The molecule has 3 aromatic rings. The second-order valence-corrected chi connectivity index (χ2v) is 8.12. The predicted molar refractivity (Wildman–Crippen MR) is 124 cm³/mol. The average molecular weight is 419 g/mol. The summed E-state index contributed by atoms with van der Waals surface area (Å²) in [6.45, 7) is 6.55. The lowest BCUT2D eigenvalue weighted by Crippen LogP contribution is -2.28. The Morgan fingerprint density at radius 2 is 1.84 bits per heavy atom. The van der Waals surface area contributed by atoms with E-state index in [-0.39, 0.29) is 6.03 Å². The summed E-state index contributed by atoms with van der Waals surface area (Å²) in [6.07, 6.45) is 6.91. The minimum Gasteiger partial charge on any atom is -0.357 e. The molecule has 1 aliphatic heterocycles. The summed E-state index contributed by atoms with van der Waals surface area (Å²) >= 11 is 0. The Labute approximate surface area is 183 Å². The Morgan fingerprint density at radius 3 is 2.52 bits per heavy atom. The number of nitrogens with zero attached hydrogens (tertiary/aromatic N) is 4. The average Bonchev–Trinajstić information content (AvgIpc) is 2.95. The van der Waals surface area contributed by atoms with E-state index in [1.165, 1.54) is 25.7 Å². The lowest BCUT2D eigenvalue weighted by Gasteiger charge is -2.21. The number of aryl methyl sites for hydroxylation is 2. The number of urea groups is 1. The van der Waals surface area contributed by atoms with Gasteiger partial charge in [-0.15, -0.1) is 0 Å². The number of anilines is 2. The molecule has 2 amide bonds. The highest BCUT2D eigenvalue weighted by atomic mass is 16.2. The molecule has 31 heavy (non-hydrogen) atoms. The second kappa shape index (κ2) is 9.64. The van der Waals surface area contributed by atoms with E-state index >= 15 is 0 Å². The Hall–Kier alpha value is -3.35. The lowest BCUT2D eigenvalue weighted by atomic mass is 10.2. The zero-order valence-electron chi connectivity index (χ0n) is 18.3. The van der Waals surface area contributed by atoms with Gasteiger partial charge in [0.1, 0.15) is 5.82 Å². The molecule has 4 rings (SSSR count). The maximum absolute atomic E-state index is 12.4. The molecule has 162 valence electrons. The zero-order chi connectivity index (χ0) is 21.6. The molecule has 3 heterocycles. The van der Waals surface area contributed by atoms with Crippen LogP contribution in [0.1, 0.15) is 42.6 Å². The number of aromatic nitrogens is 3. The van der Waals surface area contributed by atoms with Crippen LogP contribution in [0.3, 0.4) is 0 Å². The summed E-state index contributed by atoms with van der Waals surface area (Å²) in [5.74, 6) is 1.02. The van der Waals surface area contributed by atoms with Crippen molar-refractivity contribution in [3.63, 3.8) is 0 Å². The highest BCUT2D eigenvalue weighted by Crippen LogP contribution is 2.18. The van der Waals surface area contributed by atoms with Crippen molar-refractivity contribution in [3.05, 3.63) is 65.6 Å². The van der Waals surface area contributed by atoms with Crippen molar-refractivity contribution >= 4 is 17.5 Å². The summed E-state index contributed by atoms with van der Waals surface area (Å²) in [4.78, 5) is 19.3. The van der Waals surface area contributed by atoms with E-state index in [1.54, 1.807) is 0 Å². The number of amides is 2. The van der Waals surface area contributed by atoms with Crippen LogP contribution in [-0.2, 0) is 6.54 Å². The van der Waals surface area contributed by atoms with Crippen molar-refractivity contribution in [3.8, 4) is 5.69 Å². The molecule has 7 heteroatoms. The molecule has 0 aliphatic carbocycles. The van der Waals surface area contributed by atoms with Gasteiger partial charge in [0.2, 0.25) is 0 Å². The molecule has 0 radical (unpaired) electrons. The van der Waals surface area contributed by atoms with Crippen molar-refractivity contribution < 1.29 is 4.79 Å². The number of hydrogen-bond acceptors (Lipinski definition) is 4. The highest BCUT2D eigenvalue weighted by Gasteiger charge is 2.11. The molecule has 2 aromatic heterocycles. The monoisotopic (exact) mass is 418 g/mol. The maximum atomic E-state index is 12.4. The fourth-order valence-corrected chi connectivity index (χ4v) is 3.97. The van der Waals surface area contributed by atoms with Crippen molar-refractivity contribution in [1.82, 2.24) is 20.1 Å². The number of rotatable bonds is 5.